The van der Waals surface area contributed by atoms with Crippen LogP contribution in [0.25, 0.3) is 0 Å². The summed E-state index contributed by atoms with van der Waals surface area (Å²) in [5, 5.41) is 0. The molecule has 12 heavy (non-hydrogen) atoms. The van der Waals surface area contributed by atoms with Crippen LogP contribution in [0.1, 0.15) is 13.3 Å². The van der Waals surface area contributed by atoms with Gasteiger partial charge in [-0.15, -0.1) is 0 Å². The number of amides is 1. The van der Waals surface area contributed by atoms with Crippen molar-refractivity contribution in [2.75, 3.05) is 6.54 Å². The zero-order valence-electron chi connectivity index (χ0n) is 7.23. The number of hydrogen-bond acceptors (Lipinski definition) is 1. The molecule has 1 aliphatic heterocycles. The van der Waals surface area contributed by atoms with Gasteiger partial charge in [0.15, 0.2) is 0 Å². The molecule has 64 valence electrons. The van der Waals surface area contributed by atoms with Crippen molar-refractivity contribution >= 4 is 5.91 Å². The molecule has 0 aromatic carbocycles. The van der Waals surface area contributed by atoms with Crippen LogP contribution < -0.4 is 0 Å². The highest BCUT2D eigenvalue weighted by Gasteiger charge is 2.32. The Hall–Kier alpha value is -1.05. The van der Waals surface area contributed by atoms with Gasteiger partial charge in [0.1, 0.15) is 0 Å². The van der Waals surface area contributed by atoms with E-state index in [4.69, 9.17) is 0 Å². The third-order valence-electron chi connectivity index (χ3n) is 2.68. The molecule has 0 aromatic heterocycles. The Labute approximate surface area is 72.6 Å². The van der Waals surface area contributed by atoms with Crippen LogP contribution in [-0.4, -0.2) is 23.4 Å². The fourth-order valence-electron chi connectivity index (χ4n) is 2.05. The number of rotatable bonds is 0. The molecular formula is C10H13NO. The number of nitrogens with zero attached hydrogens (tertiary/aromatic N) is 1. The largest absolute Gasteiger partial charge is 0.336 e. The molecule has 0 aromatic rings. The van der Waals surface area contributed by atoms with E-state index in [1.54, 1.807) is 6.92 Å². The minimum atomic E-state index is 0.197. The third-order valence-corrected chi connectivity index (χ3v) is 2.68. The van der Waals surface area contributed by atoms with Gasteiger partial charge in [-0.1, -0.05) is 24.3 Å². The van der Waals surface area contributed by atoms with E-state index in [9.17, 15) is 4.79 Å². The first-order valence-corrected chi connectivity index (χ1v) is 4.41. The topological polar surface area (TPSA) is 20.3 Å². The molecule has 1 aliphatic carbocycles. The van der Waals surface area contributed by atoms with Gasteiger partial charge in [0.25, 0.3) is 0 Å². The van der Waals surface area contributed by atoms with E-state index in [0.29, 0.717) is 12.0 Å². The van der Waals surface area contributed by atoms with E-state index in [2.05, 4.69) is 18.2 Å². The molecule has 1 heterocycles. The quantitative estimate of drug-likeness (QED) is 0.528. The smallest absolute Gasteiger partial charge is 0.219 e. The molecule has 0 spiro atoms. The summed E-state index contributed by atoms with van der Waals surface area (Å²) < 4.78 is 0. The summed E-state index contributed by atoms with van der Waals surface area (Å²) in [5.74, 6) is 0.765. The van der Waals surface area contributed by atoms with Crippen LogP contribution in [0.4, 0.5) is 0 Å². The second-order valence-electron chi connectivity index (χ2n) is 3.43. The molecule has 0 radical (unpaired) electrons. The van der Waals surface area contributed by atoms with Gasteiger partial charge in [0.05, 0.1) is 6.04 Å². The van der Waals surface area contributed by atoms with Crippen LogP contribution in [0.5, 0.6) is 0 Å². The summed E-state index contributed by atoms with van der Waals surface area (Å²) >= 11 is 0. The molecule has 2 aliphatic rings. The Kier molecular flexibility index (Phi) is 1.75. The molecule has 0 saturated carbocycles. The van der Waals surface area contributed by atoms with Crippen molar-refractivity contribution in [2.45, 2.75) is 19.4 Å². The summed E-state index contributed by atoms with van der Waals surface area (Å²) in [6.45, 7) is 2.56. The van der Waals surface area contributed by atoms with E-state index < -0.39 is 0 Å². The molecule has 2 heteroatoms. The van der Waals surface area contributed by atoms with E-state index in [1.807, 2.05) is 11.0 Å². The average Bonchev–Trinajstić information content (AvgIpc) is 2.47. The maximum Gasteiger partial charge on any atom is 0.219 e. The van der Waals surface area contributed by atoms with Gasteiger partial charge < -0.3 is 4.90 Å². The summed E-state index contributed by atoms with van der Waals surface area (Å²) in [4.78, 5) is 13.1. The minimum absolute atomic E-state index is 0.197. The Morgan fingerprint density at radius 2 is 2.17 bits per heavy atom. The molecule has 0 bridgehead atoms. The maximum absolute atomic E-state index is 11.2. The van der Waals surface area contributed by atoms with Gasteiger partial charge in [0, 0.05) is 19.4 Å². The number of likely N-dealkylation sites (tertiary alicyclic amines) is 1. The molecule has 1 amide bonds. The lowest BCUT2D eigenvalue weighted by molar-refractivity contribution is -0.129. The monoisotopic (exact) mass is 163 g/mol. The van der Waals surface area contributed by atoms with Gasteiger partial charge in [-0.3, -0.25) is 4.79 Å². The SMILES string of the molecule is CC(=O)N1CCC2C=CC=CC21. The zero-order chi connectivity index (χ0) is 8.55. The molecule has 2 rings (SSSR count). The lowest BCUT2D eigenvalue weighted by Gasteiger charge is -2.24. The predicted octanol–water partition coefficient (Wildman–Crippen LogP) is 1.35. The first kappa shape index (κ1) is 7.59. The molecule has 2 nitrogen and oxygen atoms in total. The van der Waals surface area contributed by atoms with E-state index in [1.165, 1.54) is 0 Å². The first-order chi connectivity index (χ1) is 5.79. The molecule has 2 unspecified atom stereocenters. The van der Waals surface area contributed by atoms with Crippen molar-refractivity contribution in [2.24, 2.45) is 5.92 Å². The van der Waals surface area contributed by atoms with E-state index in [0.717, 1.165) is 13.0 Å². The number of carbonyl (C=O) groups is 1. The van der Waals surface area contributed by atoms with Crippen molar-refractivity contribution in [1.29, 1.82) is 0 Å². The standard InChI is InChI=1S/C10H13NO/c1-8(12)11-7-6-9-4-2-3-5-10(9)11/h2-5,9-10H,6-7H2,1H3. The second-order valence-corrected chi connectivity index (χ2v) is 3.43. The number of carbonyl (C=O) groups excluding carboxylic acids is 1. The Balaban J connectivity index is 2.18. The zero-order valence-corrected chi connectivity index (χ0v) is 7.23. The number of allylic oxidation sites excluding steroid dienone is 2. The predicted molar refractivity (Wildman–Crippen MR) is 47.6 cm³/mol. The lowest BCUT2D eigenvalue weighted by Crippen LogP contribution is -2.35. The fourth-order valence-corrected chi connectivity index (χ4v) is 2.05. The van der Waals surface area contributed by atoms with Gasteiger partial charge >= 0.3 is 0 Å². The summed E-state index contributed by atoms with van der Waals surface area (Å²) in [6, 6.07) is 0.340. The van der Waals surface area contributed by atoms with Crippen molar-refractivity contribution in [3.05, 3.63) is 24.3 Å². The van der Waals surface area contributed by atoms with Gasteiger partial charge in [-0.2, -0.15) is 0 Å². The normalized spacial score (nSPS) is 32.2. The fraction of sp³-hybridized carbons (Fsp3) is 0.500. The van der Waals surface area contributed by atoms with Crippen LogP contribution in [0, 0.1) is 5.92 Å². The van der Waals surface area contributed by atoms with Crippen molar-refractivity contribution < 1.29 is 4.79 Å². The molecular weight excluding hydrogens is 150 g/mol. The highest BCUT2D eigenvalue weighted by atomic mass is 16.2. The summed E-state index contributed by atoms with van der Waals surface area (Å²) in [6.07, 6.45) is 9.55. The molecule has 1 fully saturated rings. The van der Waals surface area contributed by atoms with E-state index in [-0.39, 0.29) is 5.91 Å². The first-order valence-electron chi connectivity index (χ1n) is 4.41. The molecule has 0 N–H and O–H groups in total. The Morgan fingerprint density at radius 1 is 1.42 bits per heavy atom. The van der Waals surface area contributed by atoms with E-state index >= 15 is 0 Å². The van der Waals surface area contributed by atoms with Crippen LogP contribution in [-0.2, 0) is 4.79 Å². The maximum atomic E-state index is 11.2. The van der Waals surface area contributed by atoms with Gasteiger partial charge in [-0.05, 0) is 6.42 Å². The minimum Gasteiger partial charge on any atom is -0.336 e. The van der Waals surface area contributed by atoms with Crippen LogP contribution in [0.2, 0.25) is 0 Å². The molecule has 2 atom stereocenters. The van der Waals surface area contributed by atoms with Crippen LogP contribution in [0.15, 0.2) is 24.3 Å². The number of fused-ring (bicyclic) bond motifs is 1. The Bertz CT molecular complexity index is 255. The second kappa shape index (κ2) is 2.77. The lowest BCUT2D eigenvalue weighted by atomic mass is 9.96. The average molecular weight is 163 g/mol. The summed E-state index contributed by atoms with van der Waals surface area (Å²) in [5.41, 5.74) is 0. The van der Waals surface area contributed by atoms with Gasteiger partial charge in [0.2, 0.25) is 5.91 Å². The van der Waals surface area contributed by atoms with Crippen LogP contribution >= 0.6 is 0 Å². The summed E-state index contributed by atoms with van der Waals surface area (Å²) in [7, 11) is 0. The van der Waals surface area contributed by atoms with Gasteiger partial charge in [-0.25, -0.2) is 0 Å². The Morgan fingerprint density at radius 3 is 2.92 bits per heavy atom. The third kappa shape index (κ3) is 1.07. The number of hydrogen-bond donors (Lipinski definition) is 0. The molecule has 1 saturated heterocycles. The van der Waals surface area contributed by atoms with Crippen molar-refractivity contribution in [3.8, 4) is 0 Å². The van der Waals surface area contributed by atoms with Crippen molar-refractivity contribution in [3.63, 3.8) is 0 Å². The van der Waals surface area contributed by atoms with Crippen LogP contribution in [0.3, 0.4) is 0 Å². The van der Waals surface area contributed by atoms with Crippen molar-refractivity contribution in [1.82, 2.24) is 4.90 Å². The highest BCUT2D eigenvalue weighted by Crippen LogP contribution is 2.28. The highest BCUT2D eigenvalue weighted by molar-refractivity contribution is 5.74.